The van der Waals surface area contributed by atoms with Gasteiger partial charge < -0.3 is 20.6 Å². The summed E-state index contributed by atoms with van der Waals surface area (Å²) in [6.45, 7) is 6.71. The molecule has 0 spiro atoms. The van der Waals surface area contributed by atoms with Gasteiger partial charge in [-0.2, -0.15) is 0 Å². The van der Waals surface area contributed by atoms with Crippen LogP contribution in [0.4, 0.5) is 8.78 Å². The Bertz CT molecular complexity index is 676. The van der Waals surface area contributed by atoms with Gasteiger partial charge in [0.15, 0.2) is 0 Å². The number of hydrogen-bond donors (Lipinski definition) is 3. The molecule has 7 heteroatoms. The predicted molar refractivity (Wildman–Crippen MR) is 104 cm³/mol. The van der Waals surface area contributed by atoms with Gasteiger partial charge in [0.1, 0.15) is 5.75 Å². The molecule has 1 unspecified atom stereocenters. The van der Waals surface area contributed by atoms with Crippen molar-refractivity contribution in [2.75, 3.05) is 19.6 Å². The molecule has 0 saturated carbocycles. The molecule has 1 saturated heterocycles. The number of aromatic hydroxyl groups is 1. The minimum atomic E-state index is -2.23. The molecule has 1 amide bonds. The van der Waals surface area contributed by atoms with E-state index in [0.717, 1.165) is 11.1 Å². The van der Waals surface area contributed by atoms with Crippen molar-refractivity contribution in [3.05, 3.63) is 29.3 Å². The lowest BCUT2D eigenvalue weighted by Crippen LogP contribution is -2.55. The molecular formula is C21H31F2N3O2. The lowest BCUT2D eigenvalue weighted by molar-refractivity contribution is -0.124. The highest BCUT2D eigenvalue weighted by Gasteiger charge is 2.30. The zero-order chi connectivity index (χ0) is 20.3. The first-order valence-corrected chi connectivity index (χ1v) is 10.2. The van der Waals surface area contributed by atoms with Crippen LogP contribution in [0.25, 0.3) is 0 Å². The Morgan fingerprint density at radius 3 is 2.64 bits per heavy atom. The zero-order valence-corrected chi connectivity index (χ0v) is 16.6. The van der Waals surface area contributed by atoms with Crippen LogP contribution >= 0.6 is 0 Å². The fourth-order valence-electron chi connectivity index (χ4n) is 4.06. The van der Waals surface area contributed by atoms with Crippen molar-refractivity contribution in [1.29, 1.82) is 0 Å². The summed E-state index contributed by atoms with van der Waals surface area (Å²) >= 11 is 0. The Kier molecular flexibility index (Phi) is 6.88. The van der Waals surface area contributed by atoms with Gasteiger partial charge in [-0.1, -0.05) is 19.9 Å². The maximum Gasteiger partial charge on any atom is 0.241 e. The Labute approximate surface area is 165 Å². The van der Waals surface area contributed by atoms with Gasteiger partial charge in [0.05, 0.1) is 6.04 Å². The van der Waals surface area contributed by atoms with Crippen LogP contribution in [0.1, 0.15) is 37.8 Å². The van der Waals surface area contributed by atoms with Gasteiger partial charge in [0.25, 0.3) is 0 Å². The van der Waals surface area contributed by atoms with Crippen LogP contribution in [0.3, 0.4) is 0 Å². The van der Waals surface area contributed by atoms with E-state index in [9.17, 15) is 18.7 Å². The number of rotatable bonds is 6. The zero-order valence-electron chi connectivity index (χ0n) is 16.6. The number of benzene rings is 1. The third kappa shape index (κ3) is 5.20. The molecule has 2 aliphatic rings. The molecule has 2 aliphatic heterocycles. The number of likely N-dealkylation sites (tertiary alicyclic amines) is 1. The van der Waals surface area contributed by atoms with Gasteiger partial charge in [-0.3, -0.25) is 4.79 Å². The molecule has 3 N–H and O–H groups in total. The van der Waals surface area contributed by atoms with Crippen LogP contribution in [-0.2, 0) is 17.8 Å². The molecular weight excluding hydrogens is 364 g/mol. The maximum atomic E-state index is 12.8. The number of halogens is 2. The number of hydrogen-bond acceptors (Lipinski definition) is 4. The highest BCUT2D eigenvalue weighted by Crippen LogP contribution is 2.24. The van der Waals surface area contributed by atoms with Crippen LogP contribution in [0.2, 0.25) is 0 Å². The van der Waals surface area contributed by atoms with E-state index in [1.807, 2.05) is 6.07 Å². The molecule has 5 nitrogen and oxygen atoms in total. The number of carbonyl (C=O) groups is 1. The van der Waals surface area contributed by atoms with E-state index in [1.165, 1.54) is 0 Å². The van der Waals surface area contributed by atoms with Gasteiger partial charge >= 0.3 is 0 Å². The normalized spacial score (nSPS) is 22.3. The molecule has 1 aromatic carbocycles. The number of nitrogens with zero attached hydrogens (tertiary/aromatic N) is 1. The molecule has 0 aliphatic carbocycles. The van der Waals surface area contributed by atoms with E-state index < -0.39 is 12.3 Å². The summed E-state index contributed by atoms with van der Waals surface area (Å²) in [6.07, 6.45) is -0.606. The highest BCUT2D eigenvalue weighted by atomic mass is 19.3. The molecule has 1 aromatic rings. The number of carbonyl (C=O) groups excluding carboxylic acids is 1. The van der Waals surface area contributed by atoms with E-state index >= 15 is 0 Å². The summed E-state index contributed by atoms with van der Waals surface area (Å²) in [5, 5.41) is 16.0. The first kappa shape index (κ1) is 21.0. The van der Waals surface area contributed by atoms with Crippen LogP contribution < -0.4 is 10.6 Å². The smallest absolute Gasteiger partial charge is 0.241 e. The lowest BCUT2D eigenvalue weighted by atomic mass is 9.94. The summed E-state index contributed by atoms with van der Waals surface area (Å²) in [5.74, 6) is -0.0299. The largest absolute Gasteiger partial charge is 0.508 e. The highest BCUT2D eigenvalue weighted by molar-refractivity contribution is 5.82. The second-order valence-corrected chi connectivity index (χ2v) is 8.42. The third-order valence-corrected chi connectivity index (χ3v) is 6.05. The third-order valence-electron chi connectivity index (χ3n) is 6.05. The molecule has 28 heavy (non-hydrogen) atoms. The monoisotopic (exact) mass is 395 g/mol. The van der Waals surface area contributed by atoms with Crippen LogP contribution in [0, 0.1) is 11.8 Å². The first-order chi connectivity index (χ1) is 13.3. The standard InChI is InChI=1S/C21H31F2N3O2/c1-13(2)19(12-26-7-5-14(6-8-26)20(22)23)25-21(28)18-10-15-3-4-17(27)9-16(15)11-24-18/h3-4,9,13-14,18-20,24,27H,5-8,10-12H2,1-2H3,(H,25,28)/t18?,19-/m1/s1. The fourth-order valence-corrected chi connectivity index (χ4v) is 4.06. The molecule has 0 bridgehead atoms. The fraction of sp³-hybridized carbons (Fsp3) is 0.667. The van der Waals surface area contributed by atoms with Crippen molar-refractivity contribution in [2.24, 2.45) is 11.8 Å². The summed E-state index contributed by atoms with van der Waals surface area (Å²) in [5.41, 5.74) is 2.10. The first-order valence-electron chi connectivity index (χ1n) is 10.2. The van der Waals surface area contributed by atoms with E-state index in [1.54, 1.807) is 12.1 Å². The second kappa shape index (κ2) is 9.18. The van der Waals surface area contributed by atoms with Gasteiger partial charge in [0, 0.05) is 25.0 Å². The Morgan fingerprint density at radius 2 is 2.00 bits per heavy atom. The number of phenolic OH excluding ortho intramolecular Hbond substituents is 1. The number of fused-ring (bicyclic) bond motifs is 1. The van der Waals surface area contributed by atoms with Gasteiger partial charge in [-0.25, -0.2) is 8.78 Å². The topological polar surface area (TPSA) is 64.6 Å². The Morgan fingerprint density at radius 1 is 1.29 bits per heavy atom. The minimum Gasteiger partial charge on any atom is -0.508 e. The van der Waals surface area contributed by atoms with Crippen molar-refractivity contribution in [2.45, 2.75) is 58.2 Å². The Balaban J connectivity index is 1.54. The SMILES string of the molecule is CC(C)[C@@H](CN1CCC(C(F)F)CC1)NC(=O)C1Cc2ccc(O)cc2CN1. The summed E-state index contributed by atoms with van der Waals surface area (Å²) in [6, 6.07) is 4.94. The van der Waals surface area contributed by atoms with Crippen LogP contribution in [0.15, 0.2) is 18.2 Å². The van der Waals surface area contributed by atoms with E-state index in [4.69, 9.17) is 0 Å². The van der Waals surface area contributed by atoms with Crippen molar-refractivity contribution in [3.63, 3.8) is 0 Å². The number of alkyl halides is 2. The van der Waals surface area contributed by atoms with Crippen molar-refractivity contribution in [3.8, 4) is 5.75 Å². The van der Waals surface area contributed by atoms with Gasteiger partial charge in [-0.05, 0) is 61.5 Å². The summed E-state index contributed by atoms with van der Waals surface area (Å²) < 4.78 is 25.7. The molecule has 3 rings (SSSR count). The molecule has 2 heterocycles. The molecule has 0 aromatic heterocycles. The minimum absolute atomic E-state index is 0.0152. The number of nitrogens with one attached hydrogen (secondary N) is 2. The van der Waals surface area contributed by atoms with Crippen LogP contribution in [-0.4, -0.2) is 54.1 Å². The average molecular weight is 395 g/mol. The van der Waals surface area contributed by atoms with E-state index in [-0.39, 0.29) is 29.7 Å². The Hall–Kier alpha value is -1.73. The van der Waals surface area contributed by atoms with Crippen LogP contribution in [0.5, 0.6) is 5.75 Å². The van der Waals surface area contributed by atoms with E-state index in [0.29, 0.717) is 45.4 Å². The number of phenols is 1. The molecule has 1 fully saturated rings. The van der Waals surface area contributed by atoms with E-state index in [2.05, 4.69) is 29.4 Å². The van der Waals surface area contributed by atoms with Crippen molar-refractivity contribution in [1.82, 2.24) is 15.5 Å². The second-order valence-electron chi connectivity index (χ2n) is 8.42. The maximum absolute atomic E-state index is 12.8. The molecule has 156 valence electrons. The molecule has 2 atom stereocenters. The summed E-state index contributed by atoms with van der Waals surface area (Å²) in [4.78, 5) is 15.0. The van der Waals surface area contributed by atoms with Crippen molar-refractivity contribution < 1.29 is 18.7 Å². The van der Waals surface area contributed by atoms with Crippen molar-refractivity contribution >= 4 is 5.91 Å². The predicted octanol–water partition coefficient (Wildman–Crippen LogP) is 2.52. The van der Waals surface area contributed by atoms with Gasteiger partial charge in [-0.15, -0.1) is 0 Å². The quantitative estimate of drug-likeness (QED) is 0.693. The van der Waals surface area contributed by atoms with Gasteiger partial charge in [0.2, 0.25) is 12.3 Å². The number of piperidine rings is 1. The number of amides is 1. The lowest BCUT2D eigenvalue weighted by Gasteiger charge is -2.36. The summed E-state index contributed by atoms with van der Waals surface area (Å²) in [7, 11) is 0. The average Bonchev–Trinajstić information content (AvgIpc) is 2.67. The molecule has 0 radical (unpaired) electrons.